The number of hydrogen-bond acceptors (Lipinski definition) is 3. The van der Waals surface area contributed by atoms with Crippen LogP contribution >= 0.6 is 0 Å². The molecular formula is C14H18N2O3. The first kappa shape index (κ1) is 13.5. The second-order valence-electron chi connectivity index (χ2n) is 4.98. The Balaban J connectivity index is 2.47. The Bertz CT molecular complexity index is 589. The molecule has 0 bridgehead atoms. The van der Waals surface area contributed by atoms with Crippen molar-refractivity contribution in [3.8, 4) is 0 Å². The number of fused-ring (bicyclic) bond motifs is 1. The van der Waals surface area contributed by atoms with E-state index in [4.69, 9.17) is 10.2 Å². The lowest BCUT2D eigenvalue weighted by Gasteiger charge is -2.22. The minimum absolute atomic E-state index is 0.121. The molecule has 0 aliphatic rings. The maximum absolute atomic E-state index is 10.9. The monoisotopic (exact) mass is 262 g/mol. The van der Waals surface area contributed by atoms with Crippen molar-refractivity contribution in [2.45, 2.75) is 26.3 Å². The molecule has 0 fully saturated rings. The normalized spacial score (nSPS) is 13.1. The van der Waals surface area contributed by atoms with E-state index >= 15 is 0 Å². The lowest BCUT2D eigenvalue weighted by atomic mass is 10.0. The number of nitrogens with zero attached hydrogens (tertiary/aromatic N) is 2. The van der Waals surface area contributed by atoms with E-state index in [-0.39, 0.29) is 18.2 Å². The van der Waals surface area contributed by atoms with Gasteiger partial charge in [-0.3, -0.25) is 0 Å². The molecule has 0 saturated carbocycles. The van der Waals surface area contributed by atoms with E-state index in [0.29, 0.717) is 17.9 Å². The number of carboxylic acid groups (broad SMARTS) is 1. The summed E-state index contributed by atoms with van der Waals surface area (Å²) in [5.41, 5.74) is 1.81. The molecule has 2 aromatic rings. The van der Waals surface area contributed by atoms with E-state index in [1.165, 1.54) is 0 Å². The summed E-state index contributed by atoms with van der Waals surface area (Å²) >= 11 is 0. The van der Waals surface area contributed by atoms with Crippen LogP contribution in [0.2, 0.25) is 0 Å². The van der Waals surface area contributed by atoms with Crippen LogP contribution in [0.3, 0.4) is 0 Å². The molecule has 0 saturated heterocycles. The zero-order valence-electron chi connectivity index (χ0n) is 11.1. The van der Waals surface area contributed by atoms with Gasteiger partial charge in [-0.25, -0.2) is 9.78 Å². The van der Waals surface area contributed by atoms with Crippen molar-refractivity contribution in [1.82, 2.24) is 9.55 Å². The van der Waals surface area contributed by atoms with Gasteiger partial charge in [-0.2, -0.15) is 0 Å². The van der Waals surface area contributed by atoms with Crippen LogP contribution < -0.4 is 0 Å². The Morgan fingerprint density at radius 2 is 2.16 bits per heavy atom. The van der Waals surface area contributed by atoms with Crippen LogP contribution in [0.25, 0.3) is 11.0 Å². The number of hydrogen-bond donors (Lipinski definition) is 2. The molecule has 1 aromatic carbocycles. The van der Waals surface area contributed by atoms with E-state index in [1.54, 1.807) is 24.5 Å². The van der Waals surface area contributed by atoms with Crippen LogP contribution in [0.4, 0.5) is 0 Å². The van der Waals surface area contributed by atoms with E-state index in [9.17, 15) is 4.79 Å². The second-order valence-corrected chi connectivity index (χ2v) is 4.98. The Morgan fingerprint density at radius 3 is 2.74 bits per heavy atom. The summed E-state index contributed by atoms with van der Waals surface area (Å²) in [5.74, 6) is -0.587. The Morgan fingerprint density at radius 1 is 1.42 bits per heavy atom. The first-order valence-corrected chi connectivity index (χ1v) is 6.35. The number of aromatic nitrogens is 2. The van der Waals surface area contributed by atoms with Gasteiger partial charge < -0.3 is 14.8 Å². The predicted molar refractivity (Wildman–Crippen MR) is 72.3 cm³/mol. The average Bonchev–Trinajstić information content (AvgIpc) is 2.78. The molecule has 1 unspecified atom stereocenters. The summed E-state index contributed by atoms with van der Waals surface area (Å²) in [6.45, 7) is 4.31. The van der Waals surface area contributed by atoms with Crippen LogP contribution in [0.1, 0.15) is 36.7 Å². The lowest BCUT2D eigenvalue weighted by molar-refractivity contribution is 0.0697. The van der Waals surface area contributed by atoms with Gasteiger partial charge in [0.2, 0.25) is 0 Å². The van der Waals surface area contributed by atoms with Crippen molar-refractivity contribution in [3.63, 3.8) is 0 Å². The van der Waals surface area contributed by atoms with Gasteiger partial charge in [0.1, 0.15) is 0 Å². The van der Waals surface area contributed by atoms with E-state index in [1.807, 2.05) is 4.57 Å². The number of imidazole rings is 1. The Kier molecular flexibility index (Phi) is 3.85. The number of rotatable bonds is 5. The number of aliphatic hydroxyl groups is 1. The standard InChI is InChI=1S/C14H18N2O3/c1-9(2)12(5-6-17)16-8-15-11-7-10(14(18)19)3-4-13(11)16/h3-4,7-9,12,17H,5-6H2,1-2H3,(H,18,19). The molecule has 2 rings (SSSR count). The van der Waals surface area contributed by atoms with Crippen LogP contribution in [-0.4, -0.2) is 32.3 Å². The van der Waals surface area contributed by atoms with Crippen LogP contribution in [0.5, 0.6) is 0 Å². The number of aliphatic hydroxyl groups excluding tert-OH is 1. The zero-order chi connectivity index (χ0) is 14.0. The summed E-state index contributed by atoms with van der Waals surface area (Å²) in [5, 5.41) is 18.1. The summed E-state index contributed by atoms with van der Waals surface area (Å²) in [6, 6.07) is 5.09. The number of benzene rings is 1. The highest BCUT2D eigenvalue weighted by molar-refractivity contribution is 5.92. The van der Waals surface area contributed by atoms with E-state index in [2.05, 4.69) is 18.8 Å². The van der Waals surface area contributed by atoms with Gasteiger partial charge in [0, 0.05) is 12.6 Å². The molecule has 0 aliphatic carbocycles. The first-order valence-electron chi connectivity index (χ1n) is 6.35. The summed E-state index contributed by atoms with van der Waals surface area (Å²) in [4.78, 5) is 15.2. The number of aromatic carboxylic acids is 1. The third-order valence-corrected chi connectivity index (χ3v) is 3.37. The van der Waals surface area contributed by atoms with Gasteiger partial charge in [-0.05, 0) is 30.5 Å². The minimum Gasteiger partial charge on any atom is -0.478 e. The molecule has 1 atom stereocenters. The highest BCUT2D eigenvalue weighted by atomic mass is 16.4. The molecule has 0 aliphatic heterocycles. The van der Waals surface area contributed by atoms with Gasteiger partial charge in [0.15, 0.2) is 0 Å². The maximum atomic E-state index is 10.9. The quantitative estimate of drug-likeness (QED) is 0.867. The van der Waals surface area contributed by atoms with Crippen LogP contribution in [0.15, 0.2) is 24.5 Å². The van der Waals surface area contributed by atoms with E-state index < -0.39 is 5.97 Å². The fraction of sp³-hybridized carbons (Fsp3) is 0.429. The van der Waals surface area contributed by atoms with Crippen molar-refractivity contribution >= 4 is 17.0 Å². The lowest BCUT2D eigenvalue weighted by Crippen LogP contribution is -2.15. The fourth-order valence-electron chi connectivity index (χ4n) is 2.35. The van der Waals surface area contributed by atoms with Crippen LogP contribution in [-0.2, 0) is 0 Å². The van der Waals surface area contributed by atoms with Gasteiger partial charge in [-0.1, -0.05) is 13.8 Å². The van der Waals surface area contributed by atoms with Crippen LogP contribution in [0, 0.1) is 5.92 Å². The SMILES string of the molecule is CC(C)C(CCO)n1cnc2cc(C(=O)O)ccc21. The summed E-state index contributed by atoms with van der Waals surface area (Å²) < 4.78 is 2.02. The first-order chi connectivity index (χ1) is 9.04. The molecule has 0 radical (unpaired) electrons. The summed E-state index contributed by atoms with van der Waals surface area (Å²) in [7, 11) is 0. The molecule has 102 valence electrons. The minimum atomic E-state index is -0.952. The average molecular weight is 262 g/mol. The van der Waals surface area contributed by atoms with Crippen molar-refractivity contribution < 1.29 is 15.0 Å². The third-order valence-electron chi connectivity index (χ3n) is 3.37. The molecule has 1 heterocycles. The van der Waals surface area contributed by atoms with Gasteiger partial charge >= 0.3 is 5.97 Å². The largest absolute Gasteiger partial charge is 0.478 e. The van der Waals surface area contributed by atoms with Gasteiger partial charge in [0.05, 0.1) is 22.9 Å². The van der Waals surface area contributed by atoms with Crippen molar-refractivity contribution in [2.75, 3.05) is 6.61 Å². The number of carboxylic acids is 1. The highest BCUT2D eigenvalue weighted by Crippen LogP contribution is 2.26. The van der Waals surface area contributed by atoms with Crippen molar-refractivity contribution in [3.05, 3.63) is 30.1 Å². The fourth-order valence-corrected chi connectivity index (χ4v) is 2.35. The molecule has 2 N–H and O–H groups in total. The zero-order valence-corrected chi connectivity index (χ0v) is 11.1. The van der Waals surface area contributed by atoms with Crippen molar-refractivity contribution in [1.29, 1.82) is 0 Å². The molecule has 1 aromatic heterocycles. The maximum Gasteiger partial charge on any atom is 0.335 e. The predicted octanol–water partition coefficient (Wildman–Crippen LogP) is 2.31. The molecule has 5 heteroatoms. The smallest absolute Gasteiger partial charge is 0.335 e. The summed E-state index contributed by atoms with van der Waals surface area (Å²) in [6.07, 6.45) is 2.38. The third kappa shape index (κ3) is 2.61. The Hall–Kier alpha value is -1.88. The number of carbonyl (C=O) groups is 1. The molecule has 0 spiro atoms. The van der Waals surface area contributed by atoms with Gasteiger partial charge in [-0.15, -0.1) is 0 Å². The highest BCUT2D eigenvalue weighted by Gasteiger charge is 2.17. The molecule has 0 amide bonds. The topological polar surface area (TPSA) is 75.3 Å². The molecule has 19 heavy (non-hydrogen) atoms. The second kappa shape index (κ2) is 5.40. The molecular weight excluding hydrogens is 244 g/mol. The van der Waals surface area contributed by atoms with E-state index in [0.717, 1.165) is 5.52 Å². The Labute approximate surface area is 111 Å². The van der Waals surface area contributed by atoms with Gasteiger partial charge in [0.25, 0.3) is 0 Å². The molecule has 5 nitrogen and oxygen atoms in total. The van der Waals surface area contributed by atoms with Crippen molar-refractivity contribution in [2.24, 2.45) is 5.92 Å².